The molecule has 0 aromatic rings. The molecular weight excluding hydrogens is 400 g/mol. The number of unbranched alkanes of at least 4 members (excludes halogenated alkanes) is 2. The lowest BCUT2D eigenvalue weighted by Gasteiger charge is -2.18. The number of ether oxygens (including phenoxy) is 2. The maximum absolute atomic E-state index is 9.86. The van der Waals surface area contributed by atoms with E-state index >= 15 is 0 Å². The Balaban J connectivity index is 3.48. The van der Waals surface area contributed by atoms with Crippen LogP contribution in [0.4, 0.5) is 0 Å². The third-order valence-corrected chi connectivity index (χ3v) is 6.77. The fourth-order valence-corrected chi connectivity index (χ4v) is 3.55. The van der Waals surface area contributed by atoms with Crippen molar-refractivity contribution in [2.45, 2.75) is 37.9 Å². The van der Waals surface area contributed by atoms with E-state index in [2.05, 4.69) is 29.0 Å². The van der Waals surface area contributed by atoms with Gasteiger partial charge in [0.25, 0.3) is 0 Å². The molecule has 0 aliphatic carbocycles. The second-order valence-corrected chi connectivity index (χ2v) is 8.78. The molecule has 0 aliphatic rings. The first-order chi connectivity index (χ1) is 12.0. The zero-order valence-corrected chi connectivity index (χ0v) is 18.8. The van der Waals surface area contributed by atoms with Crippen LogP contribution in [0.1, 0.15) is 25.7 Å². The highest BCUT2D eigenvalue weighted by Gasteiger charge is 2.16. The summed E-state index contributed by atoms with van der Waals surface area (Å²) in [6.45, 7) is 3.33. The van der Waals surface area contributed by atoms with Gasteiger partial charge >= 0.3 is 0 Å². The van der Waals surface area contributed by atoms with Crippen LogP contribution in [0.3, 0.4) is 0 Å². The van der Waals surface area contributed by atoms with Gasteiger partial charge in [0.1, 0.15) is 12.2 Å². The number of hydrogen-bond donors (Lipinski definition) is 3. The molecule has 0 fully saturated rings. The molecule has 0 spiro atoms. The van der Waals surface area contributed by atoms with E-state index in [1.165, 1.54) is 0 Å². The van der Waals surface area contributed by atoms with Crippen molar-refractivity contribution in [2.75, 3.05) is 58.3 Å². The minimum Gasteiger partial charge on any atom is -0.388 e. The first-order valence-electron chi connectivity index (χ1n) is 8.43. The second-order valence-electron chi connectivity index (χ2n) is 5.38. The van der Waals surface area contributed by atoms with Gasteiger partial charge in [-0.2, -0.15) is 7.42 Å². The number of rotatable bonds is 18. The third kappa shape index (κ3) is 15.9. The first kappa shape index (κ1) is 26.2. The van der Waals surface area contributed by atoms with Crippen LogP contribution in [-0.4, -0.2) is 88.1 Å². The van der Waals surface area contributed by atoms with Gasteiger partial charge in [-0.25, -0.2) is 0 Å². The van der Waals surface area contributed by atoms with E-state index < -0.39 is 12.2 Å². The highest BCUT2D eigenvalue weighted by atomic mass is 32.2. The Labute approximate surface area is 171 Å². The molecule has 152 valence electrons. The summed E-state index contributed by atoms with van der Waals surface area (Å²) in [5, 5.41) is 19.7. The third-order valence-electron chi connectivity index (χ3n) is 3.41. The molecule has 0 aromatic carbocycles. The van der Waals surface area contributed by atoms with E-state index in [1.54, 1.807) is 35.8 Å². The van der Waals surface area contributed by atoms with Crippen LogP contribution in [0, 0.1) is 0 Å². The van der Waals surface area contributed by atoms with Gasteiger partial charge in [0.15, 0.2) is 0 Å². The van der Waals surface area contributed by atoms with Crippen molar-refractivity contribution >= 4 is 48.7 Å². The number of aliphatic hydroxyl groups is 2. The molecule has 0 amide bonds. The van der Waals surface area contributed by atoms with Gasteiger partial charge in [-0.15, -0.1) is 0 Å². The van der Waals surface area contributed by atoms with Crippen LogP contribution in [-0.2, 0) is 9.47 Å². The second kappa shape index (κ2) is 18.5. The summed E-state index contributed by atoms with van der Waals surface area (Å²) in [6.07, 6.45) is 8.16. The van der Waals surface area contributed by atoms with Crippen molar-refractivity contribution < 1.29 is 19.7 Å². The van der Waals surface area contributed by atoms with Crippen molar-refractivity contribution in [3.05, 3.63) is 0 Å². The Morgan fingerprint density at radius 2 is 1.28 bits per heavy atom. The molecule has 2 N–H and O–H groups in total. The van der Waals surface area contributed by atoms with Crippen molar-refractivity contribution in [1.82, 2.24) is 7.42 Å². The molecule has 0 saturated carbocycles. The SMILES string of the molecule is CSN(S)CCCCOCC(O)C(O)COCCCCN(SC)SC. The lowest BCUT2D eigenvalue weighted by Crippen LogP contribution is -2.34. The molecule has 2 unspecified atom stereocenters. The van der Waals surface area contributed by atoms with Crippen LogP contribution in [0.25, 0.3) is 0 Å². The summed E-state index contributed by atoms with van der Waals surface area (Å²) in [7, 11) is 0. The minimum absolute atomic E-state index is 0.133. The Kier molecular flexibility index (Phi) is 19.4. The normalized spacial score (nSPS) is 14.4. The summed E-state index contributed by atoms with van der Waals surface area (Å²) in [5.74, 6) is 0. The van der Waals surface area contributed by atoms with Crippen LogP contribution in [0.15, 0.2) is 0 Å². The Morgan fingerprint density at radius 3 is 1.72 bits per heavy atom. The van der Waals surface area contributed by atoms with E-state index in [4.69, 9.17) is 9.47 Å². The van der Waals surface area contributed by atoms with Crippen LogP contribution in [0.5, 0.6) is 0 Å². The Hall–Kier alpha value is 1.16. The van der Waals surface area contributed by atoms with E-state index in [0.29, 0.717) is 13.2 Å². The zero-order valence-electron chi connectivity index (χ0n) is 15.5. The van der Waals surface area contributed by atoms with Gasteiger partial charge < -0.3 is 19.7 Å². The lowest BCUT2D eigenvalue weighted by atomic mass is 10.2. The molecular formula is C15H34N2O4S4. The summed E-state index contributed by atoms with van der Waals surface area (Å²) in [4.78, 5) is 0. The number of thiol groups is 1. The predicted octanol–water partition coefficient (Wildman–Crippen LogP) is 2.58. The maximum Gasteiger partial charge on any atom is 0.105 e. The molecule has 0 rings (SSSR count). The first-order valence-corrected chi connectivity index (χ1v) is 12.4. The molecule has 2 atom stereocenters. The van der Waals surface area contributed by atoms with E-state index in [0.717, 1.165) is 38.8 Å². The van der Waals surface area contributed by atoms with E-state index in [1.807, 2.05) is 9.97 Å². The molecule has 0 radical (unpaired) electrons. The van der Waals surface area contributed by atoms with Crippen LogP contribution in [0.2, 0.25) is 0 Å². The fourth-order valence-electron chi connectivity index (χ4n) is 1.87. The van der Waals surface area contributed by atoms with E-state index in [9.17, 15) is 10.2 Å². The van der Waals surface area contributed by atoms with Gasteiger partial charge in [-0.3, -0.25) is 0 Å². The van der Waals surface area contributed by atoms with Crippen LogP contribution >= 0.6 is 48.7 Å². The lowest BCUT2D eigenvalue weighted by molar-refractivity contribution is -0.0710. The van der Waals surface area contributed by atoms with Crippen molar-refractivity contribution in [2.24, 2.45) is 0 Å². The summed E-state index contributed by atoms with van der Waals surface area (Å²) >= 11 is 9.27. The fraction of sp³-hybridized carbons (Fsp3) is 1.00. The average molecular weight is 435 g/mol. The van der Waals surface area contributed by atoms with Gasteiger partial charge in [0, 0.05) is 26.3 Å². The summed E-state index contributed by atoms with van der Waals surface area (Å²) in [6, 6.07) is 0. The largest absolute Gasteiger partial charge is 0.388 e. The highest BCUT2D eigenvalue weighted by molar-refractivity contribution is 8.11. The van der Waals surface area contributed by atoms with Crippen molar-refractivity contribution in [3.63, 3.8) is 0 Å². The van der Waals surface area contributed by atoms with Crippen LogP contribution < -0.4 is 0 Å². The molecule has 6 nitrogen and oxygen atoms in total. The molecule has 25 heavy (non-hydrogen) atoms. The number of hydrogen-bond acceptors (Lipinski definition) is 10. The summed E-state index contributed by atoms with van der Waals surface area (Å²) in [5.41, 5.74) is 0. The Bertz CT molecular complexity index is 292. The maximum atomic E-state index is 9.86. The molecule has 0 saturated heterocycles. The quantitative estimate of drug-likeness (QED) is 0.172. The van der Waals surface area contributed by atoms with Gasteiger partial charge in [0.2, 0.25) is 0 Å². The van der Waals surface area contributed by atoms with Gasteiger partial charge in [0.05, 0.1) is 13.2 Å². The standard InChI is InChI=1S/C15H34N2O4S4/c1-23-16(22)8-4-6-10-20-12-14(18)15(19)13-21-11-7-5-9-17(24-2)25-3/h14-15,18-19,22H,4-13H2,1-3H3. The molecule has 0 bridgehead atoms. The average Bonchev–Trinajstić information content (AvgIpc) is 2.63. The highest BCUT2D eigenvalue weighted by Crippen LogP contribution is 2.16. The molecule has 0 heterocycles. The zero-order chi connectivity index (χ0) is 18.9. The van der Waals surface area contributed by atoms with Gasteiger partial charge in [-0.05, 0) is 44.5 Å². The van der Waals surface area contributed by atoms with Gasteiger partial charge in [-0.1, -0.05) is 48.7 Å². The monoisotopic (exact) mass is 434 g/mol. The minimum atomic E-state index is -0.906. The Morgan fingerprint density at radius 1 is 0.800 bits per heavy atom. The topological polar surface area (TPSA) is 65.4 Å². The van der Waals surface area contributed by atoms with E-state index in [-0.39, 0.29) is 13.2 Å². The number of aliphatic hydroxyl groups excluding tert-OH is 2. The molecule has 0 aromatic heterocycles. The smallest absolute Gasteiger partial charge is 0.105 e. The summed E-state index contributed by atoms with van der Waals surface area (Å²) < 4.78 is 14.9. The molecule has 10 heteroatoms. The predicted molar refractivity (Wildman–Crippen MR) is 115 cm³/mol. The molecule has 0 aliphatic heterocycles. The number of nitrogens with zero attached hydrogens (tertiary/aromatic N) is 2. The van der Waals surface area contributed by atoms with Crippen molar-refractivity contribution in [1.29, 1.82) is 0 Å². The van der Waals surface area contributed by atoms with Crippen molar-refractivity contribution in [3.8, 4) is 0 Å².